The summed E-state index contributed by atoms with van der Waals surface area (Å²) in [6.45, 7) is 6.94. The Balaban J connectivity index is 2.11. The van der Waals surface area contributed by atoms with Crippen LogP contribution in [0.25, 0.3) is 0 Å². The summed E-state index contributed by atoms with van der Waals surface area (Å²) in [5.74, 6) is -0.166. The zero-order valence-corrected chi connectivity index (χ0v) is 18.3. The summed E-state index contributed by atoms with van der Waals surface area (Å²) >= 11 is 6.23. The molecule has 0 fully saturated rings. The van der Waals surface area contributed by atoms with Crippen molar-refractivity contribution in [1.82, 2.24) is 10.2 Å². The zero-order valence-electron chi connectivity index (χ0n) is 17.6. The molecule has 4 nitrogen and oxygen atoms in total. The van der Waals surface area contributed by atoms with Crippen LogP contribution in [0.1, 0.15) is 49.8 Å². The second-order valence-electron chi connectivity index (χ2n) is 7.42. The van der Waals surface area contributed by atoms with Crippen molar-refractivity contribution in [2.45, 2.75) is 59.0 Å². The fraction of sp³-hybridized carbons (Fsp3) is 0.417. The minimum atomic E-state index is -0.535. The molecule has 1 atom stereocenters. The molecular formula is C24H31ClN2O2. The average molecular weight is 415 g/mol. The standard InChI is InChI=1S/C24H31ClN2O2/c1-4-5-16-26-24(29)19(3)27(17-20-12-10-18(2)11-13-20)23(28)15-14-21-8-6-7-9-22(21)25/h6-13,19H,4-5,14-17H2,1-3H3,(H,26,29)/t19-/m0/s1. The SMILES string of the molecule is CCCCNC(=O)[C@H](C)N(Cc1ccc(C)cc1)C(=O)CCc1ccccc1Cl. The Labute approximate surface area is 179 Å². The molecule has 0 aliphatic rings. The van der Waals surface area contributed by atoms with Gasteiger partial charge in [0, 0.05) is 24.5 Å². The van der Waals surface area contributed by atoms with Gasteiger partial charge >= 0.3 is 0 Å². The molecule has 2 aromatic carbocycles. The van der Waals surface area contributed by atoms with E-state index in [1.165, 1.54) is 0 Å². The Morgan fingerprint density at radius 1 is 1.10 bits per heavy atom. The van der Waals surface area contributed by atoms with E-state index in [0.717, 1.165) is 29.5 Å². The minimum Gasteiger partial charge on any atom is -0.354 e. The van der Waals surface area contributed by atoms with Crippen molar-refractivity contribution in [2.75, 3.05) is 6.54 Å². The van der Waals surface area contributed by atoms with Crippen LogP contribution in [0.2, 0.25) is 5.02 Å². The smallest absolute Gasteiger partial charge is 0.242 e. The number of hydrogen-bond donors (Lipinski definition) is 1. The van der Waals surface area contributed by atoms with Crippen LogP contribution in [0, 0.1) is 6.92 Å². The van der Waals surface area contributed by atoms with Crippen LogP contribution >= 0.6 is 11.6 Å². The molecule has 1 N–H and O–H groups in total. The summed E-state index contributed by atoms with van der Waals surface area (Å²) in [6, 6.07) is 15.1. The number of rotatable bonds is 10. The van der Waals surface area contributed by atoms with Gasteiger partial charge in [-0.1, -0.05) is 73.0 Å². The Kier molecular flexibility index (Phi) is 9.20. The van der Waals surface area contributed by atoms with Gasteiger partial charge in [-0.15, -0.1) is 0 Å². The first-order chi connectivity index (χ1) is 13.9. The molecule has 0 unspecified atom stereocenters. The molecule has 0 saturated heterocycles. The molecule has 0 radical (unpaired) electrons. The molecule has 2 amide bonds. The topological polar surface area (TPSA) is 49.4 Å². The Morgan fingerprint density at radius 2 is 1.79 bits per heavy atom. The van der Waals surface area contributed by atoms with Crippen LogP contribution in [0.5, 0.6) is 0 Å². The lowest BCUT2D eigenvalue weighted by molar-refractivity contribution is -0.140. The van der Waals surface area contributed by atoms with E-state index in [-0.39, 0.29) is 11.8 Å². The van der Waals surface area contributed by atoms with Crippen molar-refractivity contribution in [2.24, 2.45) is 0 Å². The molecule has 0 aromatic heterocycles. The molecule has 2 aromatic rings. The van der Waals surface area contributed by atoms with Gasteiger partial charge in [-0.05, 0) is 43.9 Å². The molecule has 0 bridgehead atoms. The van der Waals surface area contributed by atoms with Crippen molar-refractivity contribution < 1.29 is 9.59 Å². The normalized spacial score (nSPS) is 11.7. The number of carbonyl (C=O) groups is 2. The maximum Gasteiger partial charge on any atom is 0.242 e. The third-order valence-electron chi connectivity index (χ3n) is 5.04. The minimum absolute atomic E-state index is 0.0522. The van der Waals surface area contributed by atoms with E-state index in [1.54, 1.807) is 11.8 Å². The van der Waals surface area contributed by atoms with Gasteiger partial charge in [0.25, 0.3) is 0 Å². The number of amides is 2. The Morgan fingerprint density at radius 3 is 2.45 bits per heavy atom. The fourth-order valence-electron chi connectivity index (χ4n) is 3.10. The molecule has 0 saturated carbocycles. The summed E-state index contributed by atoms with van der Waals surface area (Å²) < 4.78 is 0. The van der Waals surface area contributed by atoms with Crippen molar-refractivity contribution in [3.63, 3.8) is 0 Å². The number of halogens is 1. The first-order valence-corrected chi connectivity index (χ1v) is 10.7. The molecule has 0 aliphatic carbocycles. The van der Waals surface area contributed by atoms with Gasteiger partial charge < -0.3 is 10.2 Å². The number of nitrogens with one attached hydrogen (secondary N) is 1. The fourth-order valence-corrected chi connectivity index (χ4v) is 3.33. The van der Waals surface area contributed by atoms with E-state index in [4.69, 9.17) is 11.6 Å². The number of hydrogen-bond acceptors (Lipinski definition) is 2. The lowest BCUT2D eigenvalue weighted by atomic mass is 10.1. The summed E-state index contributed by atoms with van der Waals surface area (Å²) in [5, 5.41) is 3.61. The van der Waals surface area contributed by atoms with Crippen LogP contribution in [-0.4, -0.2) is 29.3 Å². The van der Waals surface area contributed by atoms with Crippen LogP contribution in [0.15, 0.2) is 48.5 Å². The molecular weight excluding hydrogens is 384 g/mol. The van der Waals surface area contributed by atoms with E-state index < -0.39 is 6.04 Å². The third kappa shape index (κ3) is 7.21. The third-order valence-corrected chi connectivity index (χ3v) is 5.41. The van der Waals surface area contributed by atoms with E-state index >= 15 is 0 Å². The highest BCUT2D eigenvalue weighted by Gasteiger charge is 2.25. The maximum absolute atomic E-state index is 13.1. The lowest BCUT2D eigenvalue weighted by Gasteiger charge is -2.29. The number of unbranched alkanes of at least 4 members (excludes halogenated alkanes) is 1. The van der Waals surface area contributed by atoms with Crippen LogP contribution in [-0.2, 0) is 22.6 Å². The molecule has 0 spiro atoms. The van der Waals surface area contributed by atoms with Crippen molar-refractivity contribution in [3.05, 3.63) is 70.2 Å². The summed E-state index contributed by atoms with van der Waals surface area (Å²) in [7, 11) is 0. The monoisotopic (exact) mass is 414 g/mol. The van der Waals surface area contributed by atoms with Gasteiger partial charge in [0.05, 0.1) is 0 Å². The van der Waals surface area contributed by atoms with E-state index in [9.17, 15) is 9.59 Å². The van der Waals surface area contributed by atoms with Crippen LogP contribution in [0.4, 0.5) is 0 Å². The highest BCUT2D eigenvalue weighted by atomic mass is 35.5. The van der Waals surface area contributed by atoms with Crippen molar-refractivity contribution in [3.8, 4) is 0 Å². The quantitative estimate of drug-likeness (QED) is 0.561. The maximum atomic E-state index is 13.1. The molecule has 29 heavy (non-hydrogen) atoms. The van der Waals surface area contributed by atoms with E-state index in [1.807, 2.05) is 55.5 Å². The second-order valence-corrected chi connectivity index (χ2v) is 7.83. The second kappa shape index (κ2) is 11.6. The molecule has 5 heteroatoms. The first kappa shape index (κ1) is 23.0. The largest absolute Gasteiger partial charge is 0.354 e. The molecule has 156 valence electrons. The van der Waals surface area contributed by atoms with Gasteiger partial charge in [0.1, 0.15) is 6.04 Å². The van der Waals surface area contributed by atoms with Gasteiger partial charge in [-0.2, -0.15) is 0 Å². The van der Waals surface area contributed by atoms with E-state index in [0.29, 0.717) is 31.0 Å². The van der Waals surface area contributed by atoms with Gasteiger partial charge in [-0.3, -0.25) is 9.59 Å². The number of benzene rings is 2. The van der Waals surface area contributed by atoms with Gasteiger partial charge in [0.15, 0.2) is 0 Å². The summed E-state index contributed by atoms with van der Waals surface area (Å²) in [4.78, 5) is 27.4. The van der Waals surface area contributed by atoms with Crippen molar-refractivity contribution in [1.29, 1.82) is 0 Å². The van der Waals surface area contributed by atoms with E-state index in [2.05, 4.69) is 12.2 Å². The molecule has 2 rings (SSSR count). The molecule has 0 aliphatic heterocycles. The van der Waals surface area contributed by atoms with Crippen LogP contribution in [0.3, 0.4) is 0 Å². The first-order valence-electron chi connectivity index (χ1n) is 10.3. The average Bonchev–Trinajstić information content (AvgIpc) is 2.72. The van der Waals surface area contributed by atoms with Crippen LogP contribution < -0.4 is 5.32 Å². The van der Waals surface area contributed by atoms with Gasteiger partial charge in [0.2, 0.25) is 11.8 Å². The molecule has 0 heterocycles. The van der Waals surface area contributed by atoms with Crippen molar-refractivity contribution >= 4 is 23.4 Å². The highest BCUT2D eigenvalue weighted by Crippen LogP contribution is 2.18. The number of nitrogens with zero attached hydrogens (tertiary/aromatic N) is 1. The zero-order chi connectivity index (χ0) is 21.2. The Hall–Kier alpha value is -2.33. The highest BCUT2D eigenvalue weighted by molar-refractivity contribution is 6.31. The van der Waals surface area contributed by atoms with Gasteiger partial charge in [-0.25, -0.2) is 0 Å². The number of carbonyl (C=O) groups excluding carboxylic acids is 2. The lowest BCUT2D eigenvalue weighted by Crippen LogP contribution is -2.47. The Bertz CT molecular complexity index is 805. The predicted molar refractivity (Wildman–Crippen MR) is 119 cm³/mol. The summed E-state index contributed by atoms with van der Waals surface area (Å²) in [5.41, 5.74) is 3.11. The number of aryl methyl sites for hydroxylation is 2. The predicted octanol–water partition coefficient (Wildman–Crippen LogP) is 4.91. The summed E-state index contributed by atoms with van der Waals surface area (Å²) in [6.07, 6.45) is 2.80.